The lowest BCUT2D eigenvalue weighted by molar-refractivity contribution is 1.12. The van der Waals surface area contributed by atoms with Gasteiger partial charge in [-0.25, -0.2) is 4.98 Å². The minimum atomic E-state index is 0.273. The van der Waals surface area contributed by atoms with E-state index in [1.807, 2.05) is 37.3 Å². The van der Waals surface area contributed by atoms with Crippen LogP contribution in [0.1, 0.15) is 5.69 Å². The van der Waals surface area contributed by atoms with Gasteiger partial charge in [0.1, 0.15) is 5.82 Å². The molecule has 1 aromatic heterocycles. The van der Waals surface area contributed by atoms with Crippen molar-refractivity contribution in [2.24, 2.45) is 0 Å². The van der Waals surface area contributed by atoms with Gasteiger partial charge in [-0.2, -0.15) is 4.98 Å². The molecule has 0 aliphatic carbocycles. The van der Waals surface area contributed by atoms with Crippen molar-refractivity contribution >= 4 is 33.4 Å². The molecule has 0 saturated carbocycles. The summed E-state index contributed by atoms with van der Waals surface area (Å²) in [6, 6.07) is 9.66. The normalized spacial score (nSPS) is 10.1. The molecule has 5 heteroatoms. The van der Waals surface area contributed by atoms with Crippen LogP contribution in [0.2, 0.25) is 0 Å². The van der Waals surface area contributed by atoms with Gasteiger partial charge in [0.05, 0.1) is 5.69 Å². The summed E-state index contributed by atoms with van der Waals surface area (Å²) in [6.45, 7) is 1.88. The van der Waals surface area contributed by atoms with Gasteiger partial charge in [0, 0.05) is 16.2 Å². The van der Waals surface area contributed by atoms with Crippen molar-refractivity contribution in [1.29, 1.82) is 0 Å². The predicted molar refractivity (Wildman–Crippen MR) is 68.6 cm³/mol. The van der Waals surface area contributed by atoms with Gasteiger partial charge in [0.2, 0.25) is 5.95 Å². The number of nitrogens with two attached hydrogens (primary N) is 1. The quantitative estimate of drug-likeness (QED) is 0.887. The van der Waals surface area contributed by atoms with Gasteiger partial charge in [-0.05, 0) is 35.0 Å². The van der Waals surface area contributed by atoms with E-state index < -0.39 is 0 Å². The minimum Gasteiger partial charge on any atom is -0.368 e. The molecule has 16 heavy (non-hydrogen) atoms. The lowest BCUT2D eigenvalue weighted by Crippen LogP contribution is -2.01. The Balaban J connectivity index is 2.30. The van der Waals surface area contributed by atoms with Crippen LogP contribution in [0.25, 0.3) is 0 Å². The number of nitrogen functional groups attached to an aromatic ring is 1. The topological polar surface area (TPSA) is 63.8 Å². The standard InChI is InChI=1S/C11H11BrN4/c1-7-6-10(16-11(13)14-7)15-9-5-3-2-4-8(9)12/h2-6H,1H3,(H3,13,14,15,16). The molecule has 0 radical (unpaired) electrons. The summed E-state index contributed by atoms with van der Waals surface area (Å²) in [5.41, 5.74) is 7.36. The summed E-state index contributed by atoms with van der Waals surface area (Å²) in [4.78, 5) is 8.12. The molecule has 1 heterocycles. The molecule has 2 rings (SSSR count). The number of para-hydroxylation sites is 1. The number of halogens is 1. The van der Waals surface area contributed by atoms with Crippen molar-refractivity contribution in [2.45, 2.75) is 6.92 Å². The Labute approximate surface area is 102 Å². The Morgan fingerprint density at radius 2 is 2.00 bits per heavy atom. The highest BCUT2D eigenvalue weighted by molar-refractivity contribution is 9.10. The van der Waals surface area contributed by atoms with Crippen LogP contribution in [0.4, 0.5) is 17.5 Å². The highest BCUT2D eigenvalue weighted by Gasteiger charge is 2.02. The zero-order valence-electron chi connectivity index (χ0n) is 8.74. The third-order valence-electron chi connectivity index (χ3n) is 2.01. The van der Waals surface area contributed by atoms with Crippen molar-refractivity contribution < 1.29 is 0 Å². The second-order valence-corrected chi connectivity index (χ2v) is 4.21. The monoisotopic (exact) mass is 278 g/mol. The summed E-state index contributed by atoms with van der Waals surface area (Å²) in [5.74, 6) is 0.964. The van der Waals surface area contributed by atoms with Crippen LogP contribution in [0, 0.1) is 6.92 Å². The largest absolute Gasteiger partial charge is 0.368 e. The molecule has 0 aliphatic heterocycles. The molecule has 0 atom stereocenters. The Kier molecular flexibility index (Phi) is 3.05. The van der Waals surface area contributed by atoms with Gasteiger partial charge >= 0.3 is 0 Å². The second-order valence-electron chi connectivity index (χ2n) is 3.36. The highest BCUT2D eigenvalue weighted by atomic mass is 79.9. The van der Waals surface area contributed by atoms with Crippen LogP contribution in [0.5, 0.6) is 0 Å². The molecule has 0 aliphatic rings. The Morgan fingerprint density at radius 3 is 2.69 bits per heavy atom. The lowest BCUT2D eigenvalue weighted by Gasteiger charge is -2.08. The third kappa shape index (κ3) is 2.49. The van der Waals surface area contributed by atoms with Gasteiger partial charge < -0.3 is 11.1 Å². The Hall–Kier alpha value is -1.62. The van der Waals surface area contributed by atoms with Crippen molar-refractivity contribution in [1.82, 2.24) is 9.97 Å². The van der Waals surface area contributed by atoms with Gasteiger partial charge in [-0.15, -0.1) is 0 Å². The summed E-state index contributed by atoms with van der Waals surface area (Å²) in [6.07, 6.45) is 0. The number of anilines is 3. The maximum absolute atomic E-state index is 5.58. The molecule has 0 amide bonds. The van der Waals surface area contributed by atoms with E-state index in [4.69, 9.17) is 5.73 Å². The second kappa shape index (κ2) is 4.49. The van der Waals surface area contributed by atoms with Crippen molar-refractivity contribution in [3.63, 3.8) is 0 Å². The van der Waals surface area contributed by atoms with Gasteiger partial charge in [-0.1, -0.05) is 12.1 Å². The molecule has 0 bridgehead atoms. The third-order valence-corrected chi connectivity index (χ3v) is 2.70. The maximum Gasteiger partial charge on any atom is 0.222 e. The highest BCUT2D eigenvalue weighted by Crippen LogP contribution is 2.24. The number of hydrogen-bond acceptors (Lipinski definition) is 4. The number of rotatable bonds is 2. The van der Waals surface area contributed by atoms with Gasteiger partial charge in [0.25, 0.3) is 0 Å². The first-order chi connectivity index (χ1) is 7.65. The van der Waals surface area contributed by atoms with Gasteiger partial charge in [-0.3, -0.25) is 0 Å². The van der Waals surface area contributed by atoms with E-state index in [2.05, 4.69) is 31.2 Å². The fourth-order valence-electron chi connectivity index (χ4n) is 1.36. The molecule has 82 valence electrons. The average Bonchev–Trinajstić information content (AvgIpc) is 2.20. The molecule has 0 spiro atoms. The van der Waals surface area contributed by atoms with Crippen molar-refractivity contribution in [3.05, 3.63) is 40.5 Å². The molecular formula is C11H11BrN4. The number of nitrogens with one attached hydrogen (secondary N) is 1. The lowest BCUT2D eigenvalue weighted by atomic mass is 10.3. The number of hydrogen-bond donors (Lipinski definition) is 2. The SMILES string of the molecule is Cc1cc(Nc2ccccc2Br)nc(N)n1. The van der Waals surface area contributed by atoms with Crippen molar-refractivity contribution in [2.75, 3.05) is 11.1 Å². The molecule has 0 saturated heterocycles. The van der Waals surface area contributed by atoms with Gasteiger partial charge in [0.15, 0.2) is 0 Å². The summed E-state index contributed by atoms with van der Waals surface area (Å²) in [5, 5.41) is 3.18. The zero-order valence-corrected chi connectivity index (χ0v) is 10.3. The molecule has 4 nitrogen and oxygen atoms in total. The summed E-state index contributed by atoms with van der Waals surface area (Å²) < 4.78 is 0.977. The zero-order chi connectivity index (χ0) is 11.5. The van der Waals surface area contributed by atoms with Crippen LogP contribution in [-0.4, -0.2) is 9.97 Å². The first-order valence-electron chi connectivity index (χ1n) is 4.78. The molecular weight excluding hydrogens is 268 g/mol. The Morgan fingerprint density at radius 1 is 1.25 bits per heavy atom. The number of aryl methyl sites for hydroxylation is 1. The van der Waals surface area contributed by atoms with E-state index in [9.17, 15) is 0 Å². The van der Waals surface area contributed by atoms with Crippen LogP contribution < -0.4 is 11.1 Å². The summed E-state index contributed by atoms with van der Waals surface area (Å²) >= 11 is 3.45. The van der Waals surface area contributed by atoms with E-state index in [1.165, 1.54) is 0 Å². The summed E-state index contributed by atoms with van der Waals surface area (Å²) in [7, 11) is 0. The smallest absolute Gasteiger partial charge is 0.222 e. The minimum absolute atomic E-state index is 0.273. The average molecular weight is 279 g/mol. The molecule has 0 fully saturated rings. The number of aromatic nitrogens is 2. The van der Waals surface area contributed by atoms with E-state index in [1.54, 1.807) is 0 Å². The molecule has 3 N–H and O–H groups in total. The van der Waals surface area contributed by atoms with Crippen molar-refractivity contribution in [3.8, 4) is 0 Å². The van der Waals surface area contributed by atoms with Crippen LogP contribution >= 0.6 is 15.9 Å². The van der Waals surface area contributed by atoms with E-state index in [-0.39, 0.29) is 5.95 Å². The molecule has 0 unspecified atom stereocenters. The first kappa shape index (κ1) is 10.9. The Bertz CT molecular complexity index is 493. The first-order valence-corrected chi connectivity index (χ1v) is 5.57. The van der Waals surface area contributed by atoms with Crippen LogP contribution in [0.3, 0.4) is 0 Å². The van der Waals surface area contributed by atoms with Crippen LogP contribution in [-0.2, 0) is 0 Å². The van der Waals surface area contributed by atoms with E-state index >= 15 is 0 Å². The molecule has 1 aromatic carbocycles. The number of benzene rings is 1. The maximum atomic E-state index is 5.58. The fourth-order valence-corrected chi connectivity index (χ4v) is 1.74. The predicted octanol–water partition coefficient (Wildman–Crippen LogP) is 2.87. The van der Waals surface area contributed by atoms with E-state index in [0.29, 0.717) is 5.82 Å². The fraction of sp³-hybridized carbons (Fsp3) is 0.0909. The van der Waals surface area contributed by atoms with Crippen LogP contribution in [0.15, 0.2) is 34.8 Å². The number of nitrogens with zero attached hydrogens (tertiary/aromatic N) is 2. The molecule has 2 aromatic rings. The van der Waals surface area contributed by atoms with E-state index in [0.717, 1.165) is 15.9 Å².